The number of rotatable bonds is 4. The summed E-state index contributed by atoms with van der Waals surface area (Å²) in [5, 5.41) is 4.42. The van der Waals surface area contributed by atoms with Crippen molar-refractivity contribution in [2.24, 2.45) is 0 Å². The fourth-order valence-electron chi connectivity index (χ4n) is 2.96. The first-order chi connectivity index (χ1) is 12.6. The molecule has 4 aromatic rings. The number of aromatic nitrogens is 1. The second-order valence-corrected chi connectivity index (χ2v) is 6.10. The SMILES string of the molecule is Cc1cc(COc2ccc3c(=O)c(-c4ccccc4)c(C)oc3c2)no1. The van der Waals surface area contributed by atoms with Gasteiger partial charge in [-0.1, -0.05) is 35.5 Å². The maximum Gasteiger partial charge on any atom is 0.200 e. The molecule has 4 rings (SSSR count). The third-order valence-electron chi connectivity index (χ3n) is 4.17. The molecule has 5 nitrogen and oxygen atoms in total. The average Bonchev–Trinajstić information content (AvgIpc) is 3.06. The fraction of sp³-hybridized carbons (Fsp3) is 0.143. The van der Waals surface area contributed by atoms with Crippen molar-refractivity contribution in [1.82, 2.24) is 5.16 Å². The molecule has 0 atom stereocenters. The molecule has 2 aromatic carbocycles. The Morgan fingerprint density at radius 2 is 1.85 bits per heavy atom. The van der Waals surface area contributed by atoms with Crippen molar-refractivity contribution in [2.45, 2.75) is 20.5 Å². The number of fused-ring (bicyclic) bond motifs is 1. The Morgan fingerprint density at radius 1 is 1.04 bits per heavy atom. The molecule has 0 aliphatic carbocycles. The van der Waals surface area contributed by atoms with E-state index in [1.807, 2.05) is 43.3 Å². The normalized spacial score (nSPS) is 11.0. The van der Waals surface area contributed by atoms with Crippen molar-refractivity contribution in [2.75, 3.05) is 0 Å². The van der Waals surface area contributed by atoms with Crippen LogP contribution in [0.5, 0.6) is 5.75 Å². The molecular weight excluding hydrogens is 330 g/mol. The Bertz CT molecular complexity index is 1130. The summed E-state index contributed by atoms with van der Waals surface area (Å²) in [6.07, 6.45) is 0. The summed E-state index contributed by atoms with van der Waals surface area (Å²) in [4.78, 5) is 12.9. The van der Waals surface area contributed by atoms with Crippen LogP contribution in [0.4, 0.5) is 0 Å². The average molecular weight is 347 g/mol. The van der Waals surface area contributed by atoms with Gasteiger partial charge in [0.25, 0.3) is 0 Å². The summed E-state index contributed by atoms with van der Waals surface area (Å²) in [6, 6.07) is 16.6. The highest BCUT2D eigenvalue weighted by Gasteiger charge is 2.14. The zero-order valence-electron chi connectivity index (χ0n) is 14.5. The van der Waals surface area contributed by atoms with E-state index in [9.17, 15) is 4.79 Å². The molecule has 0 aliphatic heterocycles. The highest BCUT2D eigenvalue weighted by molar-refractivity contribution is 5.83. The van der Waals surface area contributed by atoms with Gasteiger partial charge in [0.05, 0.1) is 10.9 Å². The second kappa shape index (κ2) is 6.52. The van der Waals surface area contributed by atoms with Gasteiger partial charge >= 0.3 is 0 Å². The third-order valence-corrected chi connectivity index (χ3v) is 4.17. The lowest BCUT2D eigenvalue weighted by atomic mass is 10.0. The highest BCUT2D eigenvalue weighted by Crippen LogP contribution is 2.26. The molecule has 0 amide bonds. The van der Waals surface area contributed by atoms with Crippen LogP contribution in [0, 0.1) is 13.8 Å². The van der Waals surface area contributed by atoms with E-state index in [4.69, 9.17) is 13.7 Å². The zero-order valence-corrected chi connectivity index (χ0v) is 14.5. The quantitative estimate of drug-likeness (QED) is 0.538. The van der Waals surface area contributed by atoms with Crippen molar-refractivity contribution < 1.29 is 13.7 Å². The van der Waals surface area contributed by atoms with Gasteiger partial charge in [-0.05, 0) is 31.5 Å². The number of aryl methyl sites for hydroxylation is 2. The first-order valence-corrected chi connectivity index (χ1v) is 8.30. The third kappa shape index (κ3) is 2.99. The van der Waals surface area contributed by atoms with Crippen LogP contribution >= 0.6 is 0 Å². The summed E-state index contributed by atoms with van der Waals surface area (Å²) in [7, 11) is 0. The van der Waals surface area contributed by atoms with E-state index < -0.39 is 0 Å². The molecule has 0 radical (unpaired) electrons. The van der Waals surface area contributed by atoms with Crippen LogP contribution < -0.4 is 10.2 Å². The van der Waals surface area contributed by atoms with Gasteiger partial charge in [-0.2, -0.15) is 0 Å². The Morgan fingerprint density at radius 3 is 2.58 bits per heavy atom. The first-order valence-electron chi connectivity index (χ1n) is 8.30. The van der Waals surface area contributed by atoms with Crippen LogP contribution in [0.1, 0.15) is 17.2 Å². The number of hydrogen-bond acceptors (Lipinski definition) is 5. The molecule has 0 bridgehead atoms. The molecule has 0 unspecified atom stereocenters. The van der Waals surface area contributed by atoms with E-state index in [2.05, 4.69) is 5.16 Å². The van der Waals surface area contributed by atoms with Gasteiger partial charge in [0.15, 0.2) is 0 Å². The molecular formula is C21H17NO4. The highest BCUT2D eigenvalue weighted by atomic mass is 16.5. The minimum atomic E-state index is -0.0476. The van der Waals surface area contributed by atoms with Crippen molar-refractivity contribution in [1.29, 1.82) is 0 Å². The molecule has 5 heteroatoms. The topological polar surface area (TPSA) is 65.5 Å². The summed E-state index contributed by atoms with van der Waals surface area (Å²) < 4.78 is 16.7. The Kier molecular flexibility index (Phi) is 4.05. The van der Waals surface area contributed by atoms with Gasteiger partial charge in [-0.25, -0.2) is 0 Å². The second-order valence-electron chi connectivity index (χ2n) is 6.10. The maximum absolute atomic E-state index is 12.9. The van der Waals surface area contributed by atoms with Crippen molar-refractivity contribution in [3.63, 3.8) is 0 Å². The minimum absolute atomic E-state index is 0.0476. The number of nitrogens with zero attached hydrogens (tertiary/aromatic N) is 1. The van der Waals surface area contributed by atoms with Crippen LogP contribution in [0.15, 0.2) is 68.3 Å². The van der Waals surface area contributed by atoms with Gasteiger partial charge in [0.1, 0.15) is 35.2 Å². The summed E-state index contributed by atoms with van der Waals surface area (Å²) in [6.45, 7) is 3.91. The van der Waals surface area contributed by atoms with E-state index in [1.165, 1.54) is 0 Å². The van der Waals surface area contributed by atoms with Gasteiger partial charge in [-0.3, -0.25) is 4.79 Å². The minimum Gasteiger partial charge on any atom is -0.487 e. The molecule has 0 saturated heterocycles. The lowest BCUT2D eigenvalue weighted by Gasteiger charge is -2.09. The van der Waals surface area contributed by atoms with Gasteiger partial charge < -0.3 is 13.7 Å². The van der Waals surface area contributed by atoms with Crippen LogP contribution in [-0.2, 0) is 6.61 Å². The molecule has 0 aliphatic rings. The van der Waals surface area contributed by atoms with E-state index in [0.29, 0.717) is 33.7 Å². The van der Waals surface area contributed by atoms with E-state index >= 15 is 0 Å². The zero-order chi connectivity index (χ0) is 18.1. The van der Waals surface area contributed by atoms with E-state index in [1.54, 1.807) is 25.1 Å². The lowest BCUT2D eigenvalue weighted by molar-refractivity contribution is 0.288. The van der Waals surface area contributed by atoms with Crippen LogP contribution in [0.3, 0.4) is 0 Å². The van der Waals surface area contributed by atoms with Crippen molar-refractivity contribution >= 4 is 11.0 Å². The predicted octanol–water partition coefficient (Wildman–Crippen LogP) is 4.64. The molecule has 2 heterocycles. The predicted molar refractivity (Wildman–Crippen MR) is 98.2 cm³/mol. The van der Waals surface area contributed by atoms with Crippen LogP contribution in [0.2, 0.25) is 0 Å². The Balaban J connectivity index is 1.70. The first kappa shape index (κ1) is 16.1. The molecule has 0 fully saturated rings. The fourth-order valence-corrected chi connectivity index (χ4v) is 2.96. The van der Waals surface area contributed by atoms with Gasteiger partial charge in [0.2, 0.25) is 5.43 Å². The molecule has 2 aromatic heterocycles. The van der Waals surface area contributed by atoms with Crippen molar-refractivity contribution in [3.8, 4) is 16.9 Å². The number of ether oxygens (including phenoxy) is 1. The summed E-state index contributed by atoms with van der Waals surface area (Å²) >= 11 is 0. The Labute approximate surface area is 149 Å². The van der Waals surface area contributed by atoms with Gasteiger partial charge in [-0.15, -0.1) is 0 Å². The molecule has 0 saturated carbocycles. The maximum atomic E-state index is 12.9. The Hall–Kier alpha value is -3.34. The monoisotopic (exact) mass is 347 g/mol. The van der Waals surface area contributed by atoms with E-state index in [-0.39, 0.29) is 12.0 Å². The lowest BCUT2D eigenvalue weighted by Crippen LogP contribution is -2.07. The largest absolute Gasteiger partial charge is 0.487 e. The van der Waals surface area contributed by atoms with Crippen LogP contribution in [-0.4, -0.2) is 5.16 Å². The summed E-state index contributed by atoms with van der Waals surface area (Å²) in [5.74, 6) is 1.92. The molecule has 0 spiro atoms. The molecule has 0 N–H and O–H groups in total. The van der Waals surface area contributed by atoms with Crippen molar-refractivity contribution in [3.05, 3.63) is 82.0 Å². The smallest absolute Gasteiger partial charge is 0.200 e. The number of benzene rings is 2. The standard InChI is InChI=1S/C21H17NO4/c1-13-10-16(22-26-13)12-24-17-8-9-18-19(11-17)25-14(2)20(21(18)23)15-6-4-3-5-7-15/h3-11H,12H2,1-2H3. The molecule has 26 heavy (non-hydrogen) atoms. The number of hydrogen-bond donors (Lipinski definition) is 0. The van der Waals surface area contributed by atoms with Gasteiger partial charge in [0, 0.05) is 12.1 Å². The van der Waals surface area contributed by atoms with E-state index in [0.717, 1.165) is 11.3 Å². The summed E-state index contributed by atoms with van der Waals surface area (Å²) in [5.41, 5.74) is 2.60. The molecule has 130 valence electrons. The van der Waals surface area contributed by atoms with Crippen LogP contribution in [0.25, 0.3) is 22.1 Å².